The molecule has 1 amide bonds. The minimum atomic E-state index is 0.0881. The van der Waals surface area contributed by atoms with Gasteiger partial charge in [-0.3, -0.25) is 4.79 Å². The van der Waals surface area contributed by atoms with Gasteiger partial charge in [-0.15, -0.1) is 0 Å². The SMILES string of the molecule is Cc1cn(C)c([C@H]2CCCN(C(=O)C3=Cc4ccccc4OC3)C2)n1. The molecule has 1 aromatic carbocycles. The summed E-state index contributed by atoms with van der Waals surface area (Å²) in [4.78, 5) is 19.6. The van der Waals surface area contributed by atoms with Crippen molar-refractivity contribution in [3.05, 3.63) is 53.1 Å². The fourth-order valence-corrected chi connectivity index (χ4v) is 3.83. The normalized spacial score (nSPS) is 19.8. The first-order valence-electron chi connectivity index (χ1n) is 8.83. The number of benzene rings is 1. The largest absolute Gasteiger partial charge is 0.488 e. The van der Waals surface area contributed by atoms with Crippen molar-refractivity contribution in [3.63, 3.8) is 0 Å². The summed E-state index contributed by atoms with van der Waals surface area (Å²) in [6.07, 6.45) is 6.10. The third-order valence-corrected chi connectivity index (χ3v) is 5.01. The Morgan fingerprint density at radius 3 is 2.96 bits per heavy atom. The number of aromatic nitrogens is 2. The maximum absolute atomic E-state index is 13.0. The number of imidazole rings is 1. The van der Waals surface area contributed by atoms with E-state index in [4.69, 9.17) is 4.74 Å². The van der Waals surface area contributed by atoms with E-state index in [-0.39, 0.29) is 5.91 Å². The minimum absolute atomic E-state index is 0.0881. The third-order valence-electron chi connectivity index (χ3n) is 5.01. The van der Waals surface area contributed by atoms with E-state index in [9.17, 15) is 4.79 Å². The number of carbonyl (C=O) groups is 1. The number of aryl methyl sites for hydroxylation is 2. The molecule has 0 saturated carbocycles. The smallest absolute Gasteiger partial charge is 0.253 e. The van der Waals surface area contributed by atoms with E-state index in [1.54, 1.807) is 0 Å². The first-order valence-corrected chi connectivity index (χ1v) is 8.83. The molecule has 0 aliphatic carbocycles. The van der Waals surface area contributed by atoms with Crippen molar-refractivity contribution in [1.82, 2.24) is 14.5 Å². The number of ether oxygens (including phenoxy) is 1. The van der Waals surface area contributed by atoms with E-state index < -0.39 is 0 Å². The summed E-state index contributed by atoms with van der Waals surface area (Å²) in [5, 5.41) is 0. The predicted molar refractivity (Wildman–Crippen MR) is 96.4 cm³/mol. The highest BCUT2D eigenvalue weighted by Crippen LogP contribution is 2.30. The van der Waals surface area contributed by atoms with E-state index in [0.29, 0.717) is 12.5 Å². The molecule has 0 N–H and O–H groups in total. The molecule has 0 bridgehead atoms. The monoisotopic (exact) mass is 337 g/mol. The summed E-state index contributed by atoms with van der Waals surface area (Å²) in [5.41, 5.74) is 2.74. The van der Waals surface area contributed by atoms with Crippen LogP contribution < -0.4 is 4.74 Å². The molecule has 2 aliphatic heterocycles. The van der Waals surface area contributed by atoms with Gasteiger partial charge in [0.2, 0.25) is 0 Å². The van der Waals surface area contributed by atoms with Crippen LogP contribution in [0.1, 0.15) is 35.8 Å². The Labute approximate surface area is 147 Å². The van der Waals surface area contributed by atoms with Crippen molar-refractivity contribution in [2.75, 3.05) is 19.7 Å². The molecule has 1 fully saturated rings. The second-order valence-electron chi connectivity index (χ2n) is 6.94. The van der Waals surface area contributed by atoms with Crippen molar-refractivity contribution in [3.8, 4) is 5.75 Å². The lowest BCUT2D eigenvalue weighted by molar-refractivity contribution is -0.128. The Morgan fingerprint density at radius 2 is 2.16 bits per heavy atom. The molecule has 5 nitrogen and oxygen atoms in total. The number of para-hydroxylation sites is 1. The molecule has 0 unspecified atom stereocenters. The average Bonchev–Trinajstić information content (AvgIpc) is 2.99. The van der Waals surface area contributed by atoms with E-state index in [2.05, 4.69) is 9.55 Å². The third kappa shape index (κ3) is 3.06. The molecule has 3 heterocycles. The maximum atomic E-state index is 13.0. The van der Waals surface area contributed by atoms with Gasteiger partial charge in [-0.05, 0) is 31.9 Å². The molecule has 1 aromatic heterocycles. The molecule has 5 heteroatoms. The van der Waals surface area contributed by atoms with Crippen molar-refractivity contribution < 1.29 is 9.53 Å². The van der Waals surface area contributed by atoms with Crippen molar-refractivity contribution in [2.24, 2.45) is 7.05 Å². The fraction of sp³-hybridized carbons (Fsp3) is 0.400. The second-order valence-corrected chi connectivity index (χ2v) is 6.94. The molecule has 2 aliphatic rings. The van der Waals surface area contributed by atoms with Gasteiger partial charge in [0.1, 0.15) is 18.2 Å². The zero-order valence-electron chi connectivity index (χ0n) is 14.7. The van der Waals surface area contributed by atoms with Gasteiger partial charge in [-0.2, -0.15) is 0 Å². The average molecular weight is 337 g/mol. The molecular weight excluding hydrogens is 314 g/mol. The summed E-state index contributed by atoms with van der Waals surface area (Å²) in [6.45, 7) is 3.88. The number of hydrogen-bond acceptors (Lipinski definition) is 3. The molecule has 130 valence electrons. The summed E-state index contributed by atoms with van der Waals surface area (Å²) in [6, 6.07) is 7.83. The molecule has 0 radical (unpaired) electrons. The first kappa shape index (κ1) is 15.9. The second kappa shape index (κ2) is 6.39. The molecule has 1 atom stereocenters. The standard InChI is InChI=1S/C20H23N3O2/c1-14-11-22(2)19(21-14)16-7-5-9-23(12-16)20(24)17-10-15-6-3-4-8-18(15)25-13-17/h3-4,6,8,10-11,16H,5,7,9,12-13H2,1-2H3/t16-/m0/s1. The highest BCUT2D eigenvalue weighted by Gasteiger charge is 2.29. The van der Waals surface area contributed by atoms with Crippen molar-refractivity contribution in [2.45, 2.75) is 25.7 Å². The topological polar surface area (TPSA) is 47.4 Å². The Hall–Kier alpha value is -2.56. The maximum Gasteiger partial charge on any atom is 0.253 e. The Kier molecular flexibility index (Phi) is 4.07. The van der Waals surface area contributed by atoms with E-state index in [0.717, 1.165) is 54.3 Å². The Balaban J connectivity index is 1.53. The Bertz CT molecular complexity index is 837. The first-order chi connectivity index (χ1) is 12.1. The van der Waals surface area contributed by atoms with Gasteiger partial charge in [0.15, 0.2) is 0 Å². The molecular formula is C20H23N3O2. The molecule has 2 aromatic rings. The lowest BCUT2D eigenvalue weighted by Gasteiger charge is -2.33. The van der Waals surface area contributed by atoms with Gasteiger partial charge < -0.3 is 14.2 Å². The zero-order chi connectivity index (χ0) is 17.4. The van der Waals surface area contributed by atoms with E-state index in [1.807, 2.05) is 55.4 Å². The molecule has 0 spiro atoms. The van der Waals surface area contributed by atoms with Gasteiger partial charge in [0.25, 0.3) is 5.91 Å². The fourth-order valence-electron chi connectivity index (χ4n) is 3.83. The van der Waals surface area contributed by atoms with Crippen LogP contribution in [0.3, 0.4) is 0 Å². The van der Waals surface area contributed by atoms with Crippen LogP contribution in [0.5, 0.6) is 5.75 Å². The predicted octanol–water partition coefficient (Wildman–Crippen LogP) is 2.91. The molecule has 25 heavy (non-hydrogen) atoms. The summed E-state index contributed by atoms with van der Waals surface area (Å²) in [5.74, 6) is 2.31. The van der Waals surface area contributed by atoms with Gasteiger partial charge in [0.05, 0.1) is 11.3 Å². The molecule has 1 saturated heterocycles. The van der Waals surface area contributed by atoms with Crippen molar-refractivity contribution >= 4 is 12.0 Å². The lowest BCUT2D eigenvalue weighted by atomic mass is 9.96. The van der Waals surface area contributed by atoms with E-state index >= 15 is 0 Å². The van der Waals surface area contributed by atoms with Crippen LogP contribution in [0.4, 0.5) is 0 Å². The van der Waals surface area contributed by atoms with Crippen LogP contribution in [0.25, 0.3) is 6.08 Å². The quantitative estimate of drug-likeness (QED) is 0.846. The van der Waals surface area contributed by atoms with Crippen LogP contribution in [0, 0.1) is 6.92 Å². The zero-order valence-corrected chi connectivity index (χ0v) is 14.7. The van der Waals surface area contributed by atoms with Crippen LogP contribution in [-0.2, 0) is 11.8 Å². The number of rotatable bonds is 2. The van der Waals surface area contributed by atoms with Crippen LogP contribution in [0.15, 0.2) is 36.0 Å². The number of nitrogens with zero attached hydrogens (tertiary/aromatic N) is 3. The van der Waals surface area contributed by atoms with Gasteiger partial charge in [0, 0.05) is 37.8 Å². The number of piperidine rings is 1. The highest BCUT2D eigenvalue weighted by molar-refractivity contribution is 5.99. The number of fused-ring (bicyclic) bond motifs is 1. The number of amides is 1. The summed E-state index contributed by atoms with van der Waals surface area (Å²) in [7, 11) is 2.03. The van der Waals surface area contributed by atoms with Crippen LogP contribution >= 0.6 is 0 Å². The summed E-state index contributed by atoms with van der Waals surface area (Å²) < 4.78 is 7.84. The van der Waals surface area contributed by atoms with Gasteiger partial charge in [-0.25, -0.2) is 4.98 Å². The lowest BCUT2D eigenvalue weighted by Crippen LogP contribution is -2.41. The van der Waals surface area contributed by atoms with Crippen LogP contribution in [-0.4, -0.2) is 40.1 Å². The summed E-state index contributed by atoms with van der Waals surface area (Å²) >= 11 is 0. The number of hydrogen-bond donors (Lipinski definition) is 0. The number of likely N-dealkylation sites (tertiary alicyclic amines) is 1. The van der Waals surface area contributed by atoms with Crippen LogP contribution in [0.2, 0.25) is 0 Å². The number of carbonyl (C=O) groups excluding carboxylic acids is 1. The minimum Gasteiger partial charge on any atom is -0.488 e. The van der Waals surface area contributed by atoms with Gasteiger partial charge in [-0.1, -0.05) is 18.2 Å². The van der Waals surface area contributed by atoms with E-state index in [1.165, 1.54) is 0 Å². The van der Waals surface area contributed by atoms with Crippen molar-refractivity contribution in [1.29, 1.82) is 0 Å². The Morgan fingerprint density at radius 1 is 1.32 bits per heavy atom. The van der Waals surface area contributed by atoms with Gasteiger partial charge >= 0.3 is 0 Å². The highest BCUT2D eigenvalue weighted by atomic mass is 16.5. The molecule has 4 rings (SSSR count).